The summed E-state index contributed by atoms with van der Waals surface area (Å²) in [4.78, 5) is 27.5. The minimum Gasteiger partial charge on any atom is -0.372 e. The highest BCUT2D eigenvalue weighted by atomic mass is 16.2. The second-order valence-electron chi connectivity index (χ2n) is 6.35. The van der Waals surface area contributed by atoms with E-state index in [9.17, 15) is 9.59 Å². The molecule has 1 fully saturated rings. The van der Waals surface area contributed by atoms with Gasteiger partial charge in [0.25, 0.3) is 0 Å². The summed E-state index contributed by atoms with van der Waals surface area (Å²) in [5.74, 6) is -0.810. The summed E-state index contributed by atoms with van der Waals surface area (Å²) in [7, 11) is 0. The molecule has 0 spiro atoms. The number of carbonyl (C=O) groups excluding carboxylic acids is 2. The molecule has 116 valence electrons. The van der Waals surface area contributed by atoms with Gasteiger partial charge in [-0.1, -0.05) is 36.4 Å². The molecule has 0 amide bonds. The zero-order valence-electron chi connectivity index (χ0n) is 13.0. The molecule has 0 N–H and O–H groups in total. The number of benzene rings is 2. The van der Waals surface area contributed by atoms with E-state index in [0.717, 1.165) is 18.7 Å². The number of hydrogen-bond donors (Lipinski definition) is 0. The second-order valence-corrected chi connectivity index (χ2v) is 6.35. The molecule has 0 bridgehead atoms. The number of hydrogen-bond acceptors (Lipinski definition) is 3. The lowest BCUT2D eigenvalue weighted by atomic mass is 9.94. The van der Waals surface area contributed by atoms with Crippen LogP contribution in [0.25, 0.3) is 0 Å². The number of piperidine rings is 1. The van der Waals surface area contributed by atoms with Gasteiger partial charge in [0.15, 0.2) is 11.6 Å². The maximum atomic E-state index is 12.6. The van der Waals surface area contributed by atoms with Crippen molar-refractivity contribution in [3.63, 3.8) is 0 Å². The minimum atomic E-state index is -0.664. The summed E-state index contributed by atoms with van der Waals surface area (Å²) in [6.07, 6.45) is 3.77. The van der Waals surface area contributed by atoms with Crippen LogP contribution in [0.4, 0.5) is 5.69 Å². The predicted molar refractivity (Wildman–Crippen MR) is 90.4 cm³/mol. The summed E-state index contributed by atoms with van der Waals surface area (Å²) >= 11 is 0. The average Bonchev–Trinajstić information content (AvgIpc) is 2.87. The van der Waals surface area contributed by atoms with Gasteiger partial charge in [-0.2, -0.15) is 0 Å². The Kier molecular flexibility index (Phi) is 3.49. The van der Waals surface area contributed by atoms with Crippen LogP contribution in [0, 0.1) is 0 Å². The summed E-state index contributed by atoms with van der Waals surface area (Å²) in [5, 5.41) is 0. The number of nitrogens with zero attached hydrogens (tertiary/aromatic N) is 1. The van der Waals surface area contributed by atoms with Crippen LogP contribution in [0.3, 0.4) is 0 Å². The zero-order chi connectivity index (χ0) is 15.8. The van der Waals surface area contributed by atoms with Gasteiger partial charge in [-0.15, -0.1) is 0 Å². The Morgan fingerprint density at radius 1 is 0.739 bits per heavy atom. The van der Waals surface area contributed by atoms with Crippen molar-refractivity contribution in [3.05, 3.63) is 65.2 Å². The first-order valence-corrected chi connectivity index (χ1v) is 8.28. The van der Waals surface area contributed by atoms with Crippen LogP contribution >= 0.6 is 0 Å². The van der Waals surface area contributed by atoms with E-state index in [2.05, 4.69) is 4.90 Å². The molecule has 0 aromatic heterocycles. The third-order valence-electron chi connectivity index (χ3n) is 4.93. The number of ketones is 2. The van der Waals surface area contributed by atoms with Gasteiger partial charge in [0.1, 0.15) is 5.92 Å². The third-order valence-corrected chi connectivity index (χ3v) is 4.93. The van der Waals surface area contributed by atoms with Gasteiger partial charge >= 0.3 is 0 Å². The first-order valence-electron chi connectivity index (χ1n) is 8.28. The van der Waals surface area contributed by atoms with Gasteiger partial charge in [-0.05, 0) is 37.0 Å². The number of Topliss-reactive ketones (excluding diaryl/α,β-unsaturated/α-hetero) is 2. The van der Waals surface area contributed by atoms with Crippen LogP contribution in [-0.4, -0.2) is 24.7 Å². The molecule has 3 heteroatoms. The van der Waals surface area contributed by atoms with Crippen LogP contribution in [0.2, 0.25) is 0 Å². The highest BCUT2D eigenvalue weighted by Gasteiger charge is 2.39. The third kappa shape index (κ3) is 2.37. The lowest BCUT2D eigenvalue weighted by Gasteiger charge is -2.29. The van der Waals surface area contributed by atoms with E-state index in [4.69, 9.17) is 0 Å². The SMILES string of the molecule is O=C1c2ccccc2C(=O)C1c1ccc(N2CCCCC2)cc1. The highest BCUT2D eigenvalue weighted by molar-refractivity contribution is 6.29. The van der Waals surface area contributed by atoms with Gasteiger partial charge in [-0.3, -0.25) is 9.59 Å². The Balaban J connectivity index is 1.62. The Labute approximate surface area is 135 Å². The summed E-state index contributed by atoms with van der Waals surface area (Å²) < 4.78 is 0. The highest BCUT2D eigenvalue weighted by Crippen LogP contribution is 2.34. The molecule has 4 rings (SSSR count). The fourth-order valence-electron chi connectivity index (χ4n) is 3.68. The fraction of sp³-hybridized carbons (Fsp3) is 0.300. The van der Waals surface area contributed by atoms with Crippen molar-refractivity contribution < 1.29 is 9.59 Å². The van der Waals surface area contributed by atoms with Gasteiger partial charge in [0.2, 0.25) is 0 Å². The van der Waals surface area contributed by atoms with E-state index in [1.807, 2.05) is 36.4 Å². The number of carbonyl (C=O) groups is 2. The standard InChI is InChI=1S/C20H19NO2/c22-19-16-6-2-3-7-17(16)20(23)18(19)14-8-10-15(11-9-14)21-12-4-1-5-13-21/h2-3,6-11,18H,1,4-5,12-13H2. The van der Waals surface area contributed by atoms with Crippen molar-refractivity contribution >= 4 is 17.3 Å². The maximum Gasteiger partial charge on any atom is 0.178 e. The number of fused-ring (bicyclic) bond motifs is 1. The molecule has 2 aliphatic rings. The fourth-order valence-corrected chi connectivity index (χ4v) is 3.68. The molecule has 0 atom stereocenters. The van der Waals surface area contributed by atoms with Crippen molar-refractivity contribution in [3.8, 4) is 0 Å². The summed E-state index contributed by atoms with van der Waals surface area (Å²) in [6.45, 7) is 2.18. The van der Waals surface area contributed by atoms with Crippen LogP contribution in [-0.2, 0) is 0 Å². The molecule has 23 heavy (non-hydrogen) atoms. The smallest absolute Gasteiger partial charge is 0.178 e. The molecule has 1 aliphatic carbocycles. The average molecular weight is 305 g/mol. The maximum absolute atomic E-state index is 12.6. The number of rotatable bonds is 2. The Morgan fingerprint density at radius 2 is 1.30 bits per heavy atom. The van der Waals surface area contributed by atoms with Crippen LogP contribution < -0.4 is 4.90 Å². The van der Waals surface area contributed by atoms with Crippen LogP contribution in [0.5, 0.6) is 0 Å². The minimum absolute atomic E-state index is 0.0728. The molecule has 0 unspecified atom stereocenters. The van der Waals surface area contributed by atoms with E-state index >= 15 is 0 Å². The molecule has 3 nitrogen and oxygen atoms in total. The number of anilines is 1. The lowest BCUT2D eigenvalue weighted by Crippen LogP contribution is -2.29. The van der Waals surface area contributed by atoms with E-state index < -0.39 is 5.92 Å². The molecule has 1 heterocycles. The normalized spacial score (nSPS) is 18.3. The van der Waals surface area contributed by atoms with E-state index in [-0.39, 0.29) is 11.6 Å². The Morgan fingerprint density at radius 3 is 1.87 bits per heavy atom. The van der Waals surface area contributed by atoms with Crippen LogP contribution in [0.1, 0.15) is 51.5 Å². The van der Waals surface area contributed by atoms with Crippen LogP contribution in [0.15, 0.2) is 48.5 Å². The zero-order valence-corrected chi connectivity index (χ0v) is 13.0. The van der Waals surface area contributed by atoms with E-state index in [1.54, 1.807) is 12.1 Å². The molecule has 1 aliphatic heterocycles. The van der Waals surface area contributed by atoms with Crippen molar-refractivity contribution in [2.75, 3.05) is 18.0 Å². The first-order chi connectivity index (χ1) is 11.3. The summed E-state index contributed by atoms with van der Waals surface area (Å²) in [5.41, 5.74) is 3.10. The van der Waals surface area contributed by atoms with Crippen molar-refractivity contribution in [1.29, 1.82) is 0 Å². The molecule has 2 aromatic carbocycles. The molecular formula is C20H19NO2. The lowest BCUT2D eigenvalue weighted by molar-refractivity contribution is 0.0890. The first kappa shape index (κ1) is 14.2. The largest absolute Gasteiger partial charge is 0.372 e. The quantitative estimate of drug-likeness (QED) is 0.791. The van der Waals surface area contributed by atoms with Crippen molar-refractivity contribution in [2.45, 2.75) is 25.2 Å². The Hall–Kier alpha value is -2.42. The van der Waals surface area contributed by atoms with Gasteiger partial charge in [0, 0.05) is 29.9 Å². The monoisotopic (exact) mass is 305 g/mol. The second kappa shape index (κ2) is 5.65. The molecule has 0 radical (unpaired) electrons. The Bertz CT molecular complexity index is 722. The van der Waals surface area contributed by atoms with E-state index in [1.165, 1.54) is 24.9 Å². The molecule has 1 saturated heterocycles. The molecule has 2 aromatic rings. The summed E-state index contributed by atoms with van der Waals surface area (Å²) in [6, 6.07) is 15.1. The topological polar surface area (TPSA) is 37.4 Å². The van der Waals surface area contributed by atoms with Gasteiger partial charge in [0.05, 0.1) is 0 Å². The predicted octanol–water partition coefficient (Wildman–Crippen LogP) is 3.84. The van der Waals surface area contributed by atoms with Crippen molar-refractivity contribution in [2.24, 2.45) is 0 Å². The van der Waals surface area contributed by atoms with Crippen molar-refractivity contribution in [1.82, 2.24) is 0 Å². The van der Waals surface area contributed by atoms with E-state index in [0.29, 0.717) is 11.1 Å². The molecule has 0 saturated carbocycles. The van der Waals surface area contributed by atoms with Gasteiger partial charge in [-0.25, -0.2) is 0 Å². The van der Waals surface area contributed by atoms with Gasteiger partial charge < -0.3 is 4.90 Å². The molecular weight excluding hydrogens is 286 g/mol.